The van der Waals surface area contributed by atoms with E-state index in [0.29, 0.717) is 12.2 Å². The molecule has 0 aromatic heterocycles. The molecule has 1 aliphatic carbocycles. The van der Waals surface area contributed by atoms with Crippen LogP contribution in [0.1, 0.15) is 46.5 Å². The van der Waals surface area contributed by atoms with Gasteiger partial charge in [0, 0.05) is 0 Å². The second-order valence-electron chi connectivity index (χ2n) is 3.99. The van der Waals surface area contributed by atoms with E-state index in [4.69, 9.17) is 4.74 Å². The molecular weight excluding hydrogens is 136 g/mol. The second-order valence-corrected chi connectivity index (χ2v) is 3.99. The molecule has 66 valence electrons. The molecule has 0 amide bonds. The van der Waals surface area contributed by atoms with Gasteiger partial charge in [-0.15, -0.1) is 0 Å². The van der Waals surface area contributed by atoms with Gasteiger partial charge in [-0.1, -0.05) is 19.8 Å². The monoisotopic (exact) mass is 156 g/mol. The summed E-state index contributed by atoms with van der Waals surface area (Å²) >= 11 is 0. The average Bonchev–Trinajstić information content (AvgIpc) is 1.93. The van der Waals surface area contributed by atoms with E-state index in [-0.39, 0.29) is 0 Å². The Labute approximate surface area is 70.1 Å². The highest BCUT2D eigenvalue weighted by Crippen LogP contribution is 2.26. The topological polar surface area (TPSA) is 9.23 Å². The quantitative estimate of drug-likeness (QED) is 0.597. The molecule has 1 saturated carbocycles. The molecule has 11 heavy (non-hydrogen) atoms. The Hall–Kier alpha value is -0.0400. The number of ether oxygens (including phenoxy) is 1. The minimum absolute atomic E-state index is 0.403. The summed E-state index contributed by atoms with van der Waals surface area (Å²) in [6, 6.07) is 0. The van der Waals surface area contributed by atoms with E-state index in [1.807, 2.05) is 0 Å². The van der Waals surface area contributed by atoms with Gasteiger partial charge in [0.2, 0.25) is 0 Å². The van der Waals surface area contributed by atoms with Crippen molar-refractivity contribution >= 4 is 0 Å². The largest absolute Gasteiger partial charge is 0.375 e. The van der Waals surface area contributed by atoms with Gasteiger partial charge in [0.05, 0.1) is 12.2 Å². The van der Waals surface area contributed by atoms with Crippen molar-refractivity contribution in [2.24, 2.45) is 5.92 Å². The van der Waals surface area contributed by atoms with Gasteiger partial charge >= 0.3 is 0 Å². The van der Waals surface area contributed by atoms with Gasteiger partial charge < -0.3 is 4.74 Å². The molecule has 0 aliphatic heterocycles. The molecule has 1 fully saturated rings. The van der Waals surface area contributed by atoms with Crippen LogP contribution in [0.3, 0.4) is 0 Å². The Morgan fingerprint density at radius 3 is 2.36 bits per heavy atom. The fraction of sp³-hybridized carbons (Fsp3) is 1.00. The van der Waals surface area contributed by atoms with Crippen molar-refractivity contribution in [3.8, 4) is 0 Å². The number of rotatable bonds is 2. The van der Waals surface area contributed by atoms with Gasteiger partial charge in [0.25, 0.3) is 0 Å². The molecule has 1 heteroatoms. The van der Waals surface area contributed by atoms with Crippen LogP contribution in [0.2, 0.25) is 0 Å². The molecule has 1 aliphatic rings. The molecule has 0 aromatic rings. The van der Waals surface area contributed by atoms with Gasteiger partial charge in [0.1, 0.15) is 0 Å². The van der Waals surface area contributed by atoms with Crippen LogP contribution in [-0.2, 0) is 4.74 Å². The molecule has 0 aromatic carbocycles. The van der Waals surface area contributed by atoms with Crippen LogP contribution < -0.4 is 0 Å². The smallest absolute Gasteiger partial charge is 0.0604 e. The molecule has 0 spiro atoms. The van der Waals surface area contributed by atoms with Crippen molar-refractivity contribution in [3.05, 3.63) is 0 Å². The van der Waals surface area contributed by atoms with Gasteiger partial charge in [-0.3, -0.25) is 0 Å². The zero-order chi connectivity index (χ0) is 8.27. The third-order valence-corrected chi connectivity index (χ3v) is 2.48. The molecule has 0 bridgehead atoms. The molecule has 0 heterocycles. The highest BCUT2D eigenvalue weighted by molar-refractivity contribution is 4.72. The van der Waals surface area contributed by atoms with E-state index < -0.39 is 0 Å². The SMILES string of the molecule is CC(C)O[C@H]1CCCC[C@@H]1C. The number of hydrogen-bond acceptors (Lipinski definition) is 1. The summed E-state index contributed by atoms with van der Waals surface area (Å²) in [7, 11) is 0. The normalized spacial score (nSPS) is 32.7. The van der Waals surface area contributed by atoms with Crippen LogP contribution >= 0.6 is 0 Å². The van der Waals surface area contributed by atoms with Crippen LogP contribution in [-0.4, -0.2) is 12.2 Å². The van der Waals surface area contributed by atoms with Crippen LogP contribution in [0, 0.1) is 5.92 Å². The van der Waals surface area contributed by atoms with Gasteiger partial charge in [-0.05, 0) is 32.6 Å². The molecule has 0 N–H and O–H groups in total. The standard InChI is InChI=1S/C10H20O/c1-8(2)11-10-7-5-4-6-9(10)3/h8-10H,4-7H2,1-3H3/t9-,10-/m0/s1. The third-order valence-electron chi connectivity index (χ3n) is 2.48. The summed E-state index contributed by atoms with van der Waals surface area (Å²) in [5.74, 6) is 0.783. The lowest BCUT2D eigenvalue weighted by Gasteiger charge is -2.30. The first-order chi connectivity index (χ1) is 5.20. The van der Waals surface area contributed by atoms with E-state index in [1.54, 1.807) is 0 Å². The van der Waals surface area contributed by atoms with Crippen molar-refractivity contribution in [3.63, 3.8) is 0 Å². The fourth-order valence-electron chi connectivity index (χ4n) is 1.83. The summed E-state index contributed by atoms with van der Waals surface area (Å²) in [4.78, 5) is 0. The molecule has 0 radical (unpaired) electrons. The van der Waals surface area contributed by atoms with Crippen molar-refractivity contribution < 1.29 is 4.74 Å². The Morgan fingerprint density at radius 1 is 1.18 bits per heavy atom. The van der Waals surface area contributed by atoms with Gasteiger partial charge in [0.15, 0.2) is 0 Å². The molecule has 2 atom stereocenters. The van der Waals surface area contributed by atoms with Crippen molar-refractivity contribution in [1.29, 1.82) is 0 Å². The molecule has 0 unspecified atom stereocenters. The highest BCUT2D eigenvalue weighted by atomic mass is 16.5. The Morgan fingerprint density at radius 2 is 1.82 bits per heavy atom. The maximum absolute atomic E-state index is 5.80. The van der Waals surface area contributed by atoms with Crippen LogP contribution in [0.5, 0.6) is 0 Å². The summed E-state index contributed by atoms with van der Waals surface area (Å²) < 4.78 is 5.80. The number of hydrogen-bond donors (Lipinski definition) is 0. The van der Waals surface area contributed by atoms with Crippen molar-refractivity contribution in [1.82, 2.24) is 0 Å². The van der Waals surface area contributed by atoms with E-state index >= 15 is 0 Å². The summed E-state index contributed by atoms with van der Waals surface area (Å²) in [5, 5.41) is 0. The molecule has 0 saturated heterocycles. The fourth-order valence-corrected chi connectivity index (χ4v) is 1.83. The van der Waals surface area contributed by atoms with E-state index in [2.05, 4.69) is 20.8 Å². The van der Waals surface area contributed by atoms with Crippen molar-refractivity contribution in [2.75, 3.05) is 0 Å². The minimum atomic E-state index is 0.403. The Bertz CT molecular complexity index is 109. The lowest BCUT2D eigenvalue weighted by Crippen LogP contribution is -2.28. The molecular formula is C10H20O. The third kappa shape index (κ3) is 2.82. The Balaban J connectivity index is 2.29. The first kappa shape index (κ1) is 9.05. The van der Waals surface area contributed by atoms with Crippen LogP contribution in [0.25, 0.3) is 0 Å². The minimum Gasteiger partial charge on any atom is -0.375 e. The lowest BCUT2D eigenvalue weighted by molar-refractivity contribution is -0.0400. The summed E-state index contributed by atoms with van der Waals surface area (Å²) in [6.07, 6.45) is 6.35. The maximum atomic E-state index is 5.80. The van der Waals surface area contributed by atoms with E-state index in [1.165, 1.54) is 25.7 Å². The van der Waals surface area contributed by atoms with Crippen molar-refractivity contribution in [2.45, 2.75) is 58.7 Å². The van der Waals surface area contributed by atoms with Crippen LogP contribution in [0.4, 0.5) is 0 Å². The first-order valence-corrected chi connectivity index (χ1v) is 4.85. The second kappa shape index (κ2) is 4.10. The van der Waals surface area contributed by atoms with Crippen LogP contribution in [0.15, 0.2) is 0 Å². The van der Waals surface area contributed by atoms with Gasteiger partial charge in [-0.25, -0.2) is 0 Å². The molecule has 1 rings (SSSR count). The predicted octanol–water partition coefficient (Wildman–Crippen LogP) is 2.99. The predicted molar refractivity (Wildman–Crippen MR) is 47.6 cm³/mol. The zero-order valence-electron chi connectivity index (χ0n) is 7.97. The average molecular weight is 156 g/mol. The first-order valence-electron chi connectivity index (χ1n) is 4.85. The summed E-state index contributed by atoms with van der Waals surface area (Å²) in [6.45, 7) is 6.56. The van der Waals surface area contributed by atoms with E-state index in [0.717, 1.165) is 5.92 Å². The zero-order valence-corrected chi connectivity index (χ0v) is 7.97. The highest BCUT2D eigenvalue weighted by Gasteiger charge is 2.22. The maximum Gasteiger partial charge on any atom is 0.0604 e. The summed E-state index contributed by atoms with van der Waals surface area (Å²) in [5.41, 5.74) is 0. The van der Waals surface area contributed by atoms with E-state index in [9.17, 15) is 0 Å². The lowest BCUT2D eigenvalue weighted by atomic mass is 9.88. The molecule has 1 nitrogen and oxygen atoms in total. The van der Waals surface area contributed by atoms with Gasteiger partial charge in [-0.2, -0.15) is 0 Å². The Kier molecular flexibility index (Phi) is 3.38.